The summed E-state index contributed by atoms with van der Waals surface area (Å²) in [5.74, 6) is -2.94. The maximum absolute atomic E-state index is 13.7. The highest BCUT2D eigenvalue weighted by molar-refractivity contribution is 6.20. The van der Waals surface area contributed by atoms with Gasteiger partial charge in [-0.15, -0.1) is 0 Å². The van der Waals surface area contributed by atoms with Crippen LogP contribution in [-0.2, 0) is 22.7 Å². The molecule has 1 fully saturated rings. The molecule has 6 nitrogen and oxygen atoms in total. The normalized spacial score (nSPS) is 18.3. The van der Waals surface area contributed by atoms with Crippen LogP contribution < -0.4 is 5.73 Å². The molecule has 1 aromatic carbocycles. The molecule has 8 heteroatoms. The minimum Gasteiger partial charge on any atom is -0.457 e. The van der Waals surface area contributed by atoms with Gasteiger partial charge >= 0.3 is 5.97 Å². The third-order valence-electron chi connectivity index (χ3n) is 7.04. The molecule has 182 valence electrons. The molecule has 2 aliphatic rings. The van der Waals surface area contributed by atoms with Gasteiger partial charge in [0.15, 0.2) is 5.78 Å². The van der Waals surface area contributed by atoms with Crippen LogP contribution in [0.2, 0.25) is 0 Å². The Morgan fingerprint density at radius 2 is 1.94 bits per heavy atom. The second kappa shape index (κ2) is 8.59. The van der Waals surface area contributed by atoms with Gasteiger partial charge in [0.05, 0.1) is 16.6 Å². The Morgan fingerprint density at radius 3 is 2.63 bits per heavy atom. The lowest BCUT2D eigenvalue weighted by Crippen LogP contribution is -2.26. The molecule has 0 atom stereocenters. The molecule has 0 amide bonds. The number of cyclic esters (lactones) is 1. The molecule has 2 N–H and O–H groups in total. The van der Waals surface area contributed by atoms with Gasteiger partial charge in [-0.05, 0) is 56.4 Å². The van der Waals surface area contributed by atoms with Gasteiger partial charge in [0.25, 0.3) is 0 Å². The van der Waals surface area contributed by atoms with E-state index in [9.17, 15) is 18.4 Å². The number of Topliss-reactive ketones (excluding diaryl/α,β-unsaturated/α-hetero) is 1. The fourth-order valence-electron chi connectivity index (χ4n) is 5.24. The molecule has 35 heavy (non-hydrogen) atoms. The van der Waals surface area contributed by atoms with Gasteiger partial charge in [0.1, 0.15) is 6.61 Å². The third kappa shape index (κ3) is 4.33. The summed E-state index contributed by atoms with van der Waals surface area (Å²) in [5.41, 5.74) is 12.1. The van der Waals surface area contributed by atoms with Crippen molar-refractivity contribution < 1.29 is 23.1 Å². The number of ether oxygens (including phenoxy) is 1. The molecule has 0 saturated heterocycles. The predicted molar refractivity (Wildman–Crippen MR) is 129 cm³/mol. The number of nitrogens with two attached hydrogens (primary N) is 1. The van der Waals surface area contributed by atoms with Crippen LogP contribution in [0.15, 0.2) is 42.4 Å². The van der Waals surface area contributed by atoms with E-state index < -0.39 is 5.92 Å². The van der Waals surface area contributed by atoms with Crippen LogP contribution in [-0.4, -0.2) is 27.2 Å². The minimum atomic E-state index is -2.58. The lowest BCUT2D eigenvalue weighted by molar-refractivity contribution is -0.111. The number of carbonyl (C=O) groups excluding carboxylic acids is 2. The van der Waals surface area contributed by atoms with Crippen molar-refractivity contribution in [3.05, 3.63) is 59.0 Å². The summed E-state index contributed by atoms with van der Waals surface area (Å²) in [4.78, 5) is 28.8. The number of benzene rings is 1. The Balaban J connectivity index is 1.61. The monoisotopic (exact) mass is 479 g/mol. The summed E-state index contributed by atoms with van der Waals surface area (Å²) in [6.07, 6.45) is 4.33. The van der Waals surface area contributed by atoms with Crippen LogP contribution in [0.1, 0.15) is 61.0 Å². The summed E-state index contributed by atoms with van der Waals surface area (Å²) in [6.45, 7) is 3.96. The van der Waals surface area contributed by atoms with E-state index in [1.807, 2.05) is 29.0 Å². The average molecular weight is 480 g/mol. The molecular weight excluding hydrogens is 452 g/mol. The SMILES string of the molecule is CC(=O)C(=C(C)N)c1cnc2c(-c3ccc4c(c3)COC4=O)cn(CC3CCC(F)(F)CC3)c2c1. The van der Waals surface area contributed by atoms with E-state index >= 15 is 0 Å². The third-order valence-corrected chi connectivity index (χ3v) is 7.04. The zero-order chi connectivity index (χ0) is 24.9. The number of carbonyl (C=O) groups is 2. The van der Waals surface area contributed by atoms with Crippen LogP contribution >= 0.6 is 0 Å². The first-order chi connectivity index (χ1) is 16.6. The first-order valence-electron chi connectivity index (χ1n) is 11.8. The predicted octanol–water partition coefficient (Wildman–Crippen LogP) is 5.48. The molecule has 3 aromatic rings. The second-order valence-electron chi connectivity index (χ2n) is 9.65. The van der Waals surface area contributed by atoms with Gasteiger partial charge in [0, 0.05) is 59.7 Å². The van der Waals surface area contributed by atoms with Gasteiger partial charge in [-0.1, -0.05) is 6.07 Å². The van der Waals surface area contributed by atoms with Crippen LogP contribution in [0.3, 0.4) is 0 Å². The number of nitrogens with zero attached hydrogens (tertiary/aromatic N) is 2. The standard InChI is InChI=1S/C27H27F2N3O3/c1-15(30)24(16(2)33)19-10-23-25(31-11-19)22(18-3-4-21-20(9-18)14-35-26(21)34)13-32(23)12-17-5-7-27(28,29)8-6-17/h3-4,9-11,13,17H,5-8,12,14,30H2,1-2H3. The van der Waals surface area contributed by atoms with E-state index in [2.05, 4.69) is 0 Å². The topological polar surface area (TPSA) is 87.2 Å². The number of pyridine rings is 1. The number of ketones is 1. The van der Waals surface area contributed by atoms with Crippen LogP contribution in [0.25, 0.3) is 27.7 Å². The molecule has 0 spiro atoms. The van der Waals surface area contributed by atoms with E-state index in [1.165, 1.54) is 6.92 Å². The lowest BCUT2D eigenvalue weighted by Gasteiger charge is -2.28. The number of fused-ring (bicyclic) bond motifs is 2. The highest BCUT2D eigenvalue weighted by Crippen LogP contribution is 2.39. The molecule has 2 aromatic heterocycles. The molecule has 5 rings (SSSR count). The average Bonchev–Trinajstić information content (AvgIpc) is 3.35. The van der Waals surface area contributed by atoms with Gasteiger partial charge in [0.2, 0.25) is 5.92 Å². The first-order valence-corrected chi connectivity index (χ1v) is 11.8. The van der Waals surface area contributed by atoms with E-state index in [0.29, 0.717) is 41.8 Å². The van der Waals surface area contributed by atoms with E-state index in [-0.39, 0.29) is 37.1 Å². The zero-order valence-electron chi connectivity index (χ0n) is 19.7. The van der Waals surface area contributed by atoms with E-state index in [0.717, 1.165) is 27.7 Å². The molecular formula is C27H27F2N3O3. The minimum absolute atomic E-state index is 0.102. The highest BCUT2D eigenvalue weighted by atomic mass is 19.3. The van der Waals surface area contributed by atoms with Crippen molar-refractivity contribution in [3.8, 4) is 11.1 Å². The number of aromatic nitrogens is 2. The van der Waals surface area contributed by atoms with Crippen molar-refractivity contribution in [2.24, 2.45) is 11.7 Å². The van der Waals surface area contributed by atoms with Gasteiger partial charge in [-0.2, -0.15) is 0 Å². The smallest absolute Gasteiger partial charge is 0.338 e. The number of hydrogen-bond donors (Lipinski definition) is 1. The zero-order valence-corrected chi connectivity index (χ0v) is 19.7. The van der Waals surface area contributed by atoms with Gasteiger partial charge in [-0.3, -0.25) is 9.78 Å². The van der Waals surface area contributed by atoms with Crippen LogP contribution in [0.5, 0.6) is 0 Å². The molecule has 1 saturated carbocycles. The summed E-state index contributed by atoms with van der Waals surface area (Å²) in [6, 6.07) is 7.46. The quantitative estimate of drug-likeness (QED) is 0.387. The largest absolute Gasteiger partial charge is 0.457 e. The number of alkyl halides is 2. The molecule has 0 unspecified atom stereocenters. The summed E-state index contributed by atoms with van der Waals surface area (Å²) in [7, 11) is 0. The Labute approximate surface area is 201 Å². The Hall–Kier alpha value is -3.55. The number of hydrogen-bond acceptors (Lipinski definition) is 5. The van der Waals surface area contributed by atoms with Crippen molar-refractivity contribution in [2.75, 3.05) is 0 Å². The summed E-state index contributed by atoms with van der Waals surface area (Å²) < 4.78 is 34.6. The fraction of sp³-hybridized carbons (Fsp3) is 0.370. The van der Waals surface area contributed by atoms with Gasteiger partial charge < -0.3 is 15.0 Å². The molecule has 0 radical (unpaired) electrons. The number of rotatable bonds is 5. The Bertz CT molecular complexity index is 1380. The van der Waals surface area contributed by atoms with Crippen molar-refractivity contribution in [1.82, 2.24) is 9.55 Å². The Morgan fingerprint density at radius 1 is 1.20 bits per heavy atom. The lowest BCUT2D eigenvalue weighted by atomic mass is 9.87. The summed E-state index contributed by atoms with van der Waals surface area (Å²) in [5, 5.41) is 0. The maximum atomic E-state index is 13.7. The number of halogens is 2. The number of allylic oxidation sites excluding steroid dienone is 2. The number of esters is 1. The molecule has 0 bridgehead atoms. The second-order valence-corrected chi connectivity index (χ2v) is 9.65. The van der Waals surface area contributed by atoms with E-state index in [1.54, 1.807) is 19.2 Å². The molecule has 1 aliphatic heterocycles. The highest BCUT2D eigenvalue weighted by Gasteiger charge is 2.35. The van der Waals surface area contributed by atoms with Crippen molar-refractivity contribution >= 4 is 28.4 Å². The van der Waals surface area contributed by atoms with Crippen molar-refractivity contribution in [2.45, 2.75) is 58.6 Å². The molecule has 1 aliphatic carbocycles. The van der Waals surface area contributed by atoms with Crippen molar-refractivity contribution in [1.29, 1.82) is 0 Å². The van der Waals surface area contributed by atoms with E-state index in [4.69, 9.17) is 15.5 Å². The summed E-state index contributed by atoms with van der Waals surface area (Å²) >= 11 is 0. The van der Waals surface area contributed by atoms with Gasteiger partial charge in [-0.25, -0.2) is 13.6 Å². The van der Waals surface area contributed by atoms with Crippen LogP contribution in [0.4, 0.5) is 8.78 Å². The molecule has 3 heterocycles. The van der Waals surface area contributed by atoms with Crippen LogP contribution in [0, 0.1) is 5.92 Å². The Kier molecular flexibility index (Phi) is 5.69. The maximum Gasteiger partial charge on any atom is 0.338 e. The van der Waals surface area contributed by atoms with Crippen molar-refractivity contribution in [3.63, 3.8) is 0 Å². The fourth-order valence-corrected chi connectivity index (χ4v) is 5.24. The first kappa shape index (κ1) is 23.2.